The van der Waals surface area contributed by atoms with Gasteiger partial charge in [0, 0.05) is 19.3 Å². The lowest BCUT2D eigenvalue weighted by molar-refractivity contribution is -0.167. The molecule has 0 amide bonds. The van der Waals surface area contributed by atoms with E-state index in [-0.39, 0.29) is 31.1 Å². The smallest absolute Gasteiger partial charge is 0.306 e. The summed E-state index contributed by atoms with van der Waals surface area (Å²) >= 11 is 0. The third kappa shape index (κ3) is 55.2. The number of rotatable bonds is 55. The Bertz CT molecular complexity index is 1020. The van der Waals surface area contributed by atoms with Crippen molar-refractivity contribution in [3.8, 4) is 0 Å². The van der Waals surface area contributed by atoms with Gasteiger partial charge in [-0.05, 0) is 31.1 Å². The van der Waals surface area contributed by atoms with Gasteiger partial charge >= 0.3 is 17.9 Å². The molecule has 0 heterocycles. The first-order valence-electron chi connectivity index (χ1n) is 30.2. The number of unbranched alkanes of at least 4 members (excludes halogenated alkanes) is 40. The molecular formula is C61H118O6. The number of carbonyl (C=O) groups excluding carboxylic acids is 3. The van der Waals surface area contributed by atoms with Crippen molar-refractivity contribution in [2.24, 2.45) is 11.8 Å². The molecule has 0 unspecified atom stereocenters. The van der Waals surface area contributed by atoms with Gasteiger partial charge in [-0.2, -0.15) is 0 Å². The minimum absolute atomic E-state index is 0.0622. The Balaban J connectivity index is 4.27. The SMILES string of the molecule is CCCCCCCCCCCCCCCCC(=O)O[C@H](COC(=O)CCCCCCCCCCCCCCCCCCC(C)C)COC(=O)CCCCCCCCCCCCCCCC(C)C. The molecule has 67 heavy (non-hydrogen) atoms. The van der Waals surface area contributed by atoms with Crippen LogP contribution >= 0.6 is 0 Å². The highest BCUT2D eigenvalue weighted by Gasteiger charge is 2.19. The van der Waals surface area contributed by atoms with Crippen LogP contribution in [0.15, 0.2) is 0 Å². The molecule has 0 N–H and O–H groups in total. The molecule has 6 heteroatoms. The van der Waals surface area contributed by atoms with E-state index in [1.165, 1.54) is 231 Å². The van der Waals surface area contributed by atoms with Gasteiger partial charge < -0.3 is 14.2 Å². The fourth-order valence-corrected chi connectivity index (χ4v) is 9.40. The van der Waals surface area contributed by atoms with Gasteiger partial charge in [0.2, 0.25) is 0 Å². The zero-order chi connectivity index (χ0) is 48.9. The second-order valence-electron chi connectivity index (χ2n) is 21.9. The van der Waals surface area contributed by atoms with Crippen molar-refractivity contribution in [3.05, 3.63) is 0 Å². The van der Waals surface area contributed by atoms with E-state index in [9.17, 15) is 14.4 Å². The Kier molecular flexibility index (Phi) is 52.5. The first-order valence-corrected chi connectivity index (χ1v) is 30.2. The Morgan fingerprint density at radius 3 is 0.731 bits per heavy atom. The molecule has 0 bridgehead atoms. The molecule has 0 aliphatic carbocycles. The number of ether oxygens (including phenoxy) is 3. The van der Waals surface area contributed by atoms with Crippen LogP contribution in [0.2, 0.25) is 0 Å². The number of hydrogen-bond donors (Lipinski definition) is 0. The molecule has 0 spiro atoms. The largest absolute Gasteiger partial charge is 0.462 e. The van der Waals surface area contributed by atoms with E-state index in [0.717, 1.165) is 69.6 Å². The average molecular weight is 948 g/mol. The van der Waals surface area contributed by atoms with Gasteiger partial charge in [0.25, 0.3) is 0 Å². The first-order chi connectivity index (χ1) is 32.7. The summed E-state index contributed by atoms with van der Waals surface area (Å²) in [6.45, 7) is 11.4. The van der Waals surface area contributed by atoms with Crippen molar-refractivity contribution < 1.29 is 28.6 Å². The molecule has 0 aromatic rings. The van der Waals surface area contributed by atoms with E-state index in [2.05, 4.69) is 34.6 Å². The molecular weight excluding hydrogens is 829 g/mol. The van der Waals surface area contributed by atoms with Crippen molar-refractivity contribution >= 4 is 17.9 Å². The first kappa shape index (κ1) is 65.4. The van der Waals surface area contributed by atoms with E-state index in [1.54, 1.807) is 0 Å². The van der Waals surface area contributed by atoms with Gasteiger partial charge in [0.05, 0.1) is 0 Å². The highest BCUT2D eigenvalue weighted by Crippen LogP contribution is 2.18. The van der Waals surface area contributed by atoms with Crippen LogP contribution in [0.25, 0.3) is 0 Å². The summed E-state index contributed by atoms with van der Waals surface area (Å²) in [5, 5.41) is 0. The van der Waals surface area contributed by atoms with E-state index >= 15 is 0 Å². The molecule has 0 aliphatic rings. The Morgan fingerprint density at radius 2 is 0.493 bits per heavy atom. The maximum atomic E-state index is 12.9. The summed E-state index contributed by atoms with van der Waals surface area (Å²) in [6, 6.07) is 0. The molecule has 398 valence electrons. The van der Waals surface area contributed by atoms with Crippen LogP contribution in [0.3, 0.4) is 0 Å². The van der Waals surface area contributed by atoms with Gasteiger partial charge in [-0.25, -0.2) is 0 Å². The highest BCUT2D eigenvalue weighted by molar-refractivity contribution is 5.71. The fourth-order valence-electron chi connectivity index (χ4n) is 9.40. The van der Waals surface area contributed by atoms with Crippen LogP contribution in [-0.2, 0) is 28.6 Å². The minimum Gasteiger partial charge on any atom is -0.462 e. The lowest BCUT2D eigenvalue weighted by Crippen LogP contribution is -2.30. The summed E-state index contributed by atoms with van der Waals surface area (Å²) < 4.78 is 16.9. The van der Waals surface area contributed by atoms with Crippen LogP contribution in [-0.4, -0.2) is 37.2 Å². The molecule has 1 atom stereocenters. The van der Waals surface area contributed by atoms with Gasteiger partial charge in [-0.1, -0.05) is 304 Å². The van der Waals surface area contributed by atoms with Crippen LogP contribution in [0.1, 0.15) is 343 Å². The van der Waals surface area contributed by atoms with Crippen LogP contribution < -0.4 is 0 Å². The summed E-state index contributed by atoms with van der Waals surface area (Å²) in [7, 11) is 0. The average Bonchev–Trinajstić information content (AvgIpc) is 3.30. The van der Waals surface area contributed by atoms with E-state index in [0.29, 0.717) is 19.3 Å². The Morgan fingerprint density at radius 1 is 0.284 bits per heavy atom. The summed E-state index contributed by atoms with van der Waals surface area (Å²) in [5.41, 5.74) is 0. The third-order valence-electron chi connectivity index (χ3n) is 14.0. The second-order valence-corrected chi connectivity index (χ2v) is 21.9. The second kappa shape index (κ2) is 53.8. The topological polar surface area (TPSA) is 78.9 Å². The highest BCUT2D eigenvalue weighted by atomic mass is 16.6. The Labute approximate surface area is 418 Å². The van der Waals surface area contributed by atoms with E-state index in [1.807, 2.05) is 0 Å². The molecule has 0 fully saturated rings. The van der Waals surface area contributed by atoms with Crippen molar-refractivity contribution in [3.63, 3.8) is 0 Å². The molecule has 0 aromatic heterocycles. The molecule has 0 rings (SSSR count). The molecule has 0 saturated heterocycles. The number of hydrogen-bond acceptors (Lipinski definition) is 6. The van der Waals surface area contributed by atoms with E-state index in [4.69, 9.17) is 14.2 Å². The Hall–Kier alpha value is -1.59. The standard InChI is InChI=1S/C61H118O6/c1-6-7-8-9-10-11-12-13-21-28-33-38-43-48-53-61(64)67-58(55-66-60(63)52-47-42-37-32-27-23-18-20-25-30-35-40-45-50-57(4)5)54-65-59(62)51-46-41-36-31-26-22-17-15-14-16-19-24-29-34-39-44-49-56(2)3/h56-58H,6-55H2,1-5H3/t58-/m1/s1. The minimum atomic E-state index is -0.763. The summed E-state index contributed by atoms with van der Waals surface area (Å²) in [4.78, 5) is 38.2. The maximum Gasteiger partial charge on any atom is 0.306 e. The molecule has 0 aliphatic heterocycles. The maximum absolute atomic E-state index is 12.9. The zero-order valence-electron chi connectivity index (χ0n) is 46.0. The normalized spacial score (nSPS) is 12.0. The molecule has 0 saturated carbocycles. The summed E-state index contributed by atoms with van der Waals surface area (Å²) in [6.07, 6.45) is 58.1. The number of carbonyl (C=O) groups is 3. The lowest BCUT2D eigenvalue weighted by Gasteiger charge is -2.18. The van der Waals surface area contributed by atoms with E-state index < -0.39 is 6.10 Å². The van der Waals surface area contributed by atoms with Crippen molar-refractivity contribution in [1.29, 1.82) is 0 Å². The van der Waals surface area contributed by atoms with Gasteiger partial charge in [0.15, 0.2) is 6.10 Å². The summed E-state index contributed by atoms with van der Waals surface area (Å²) in [5.74, 6) is 0.858. The lowest BCUT2D eigenvalue weighted by atomic mass is 10.0. The quantitative estimate of drug-likeness (QED) is 0.0343. The van der Waals surface area contributed by atoms with Gasteiger partial charge in [0.1, 0.15) is 13.2 Å². The predicted molar refractivity (Wildman–Crippen MR) is 289 cm³/mol. The molecule has 6 nitrogen and oxygen atoms in total. The monoisotopic (exact) mass is 947 g/mol. The van der Waals surface area contributed by atoms with Gasteiger partial charge in [-0.3, -0.25) is 14.4 Å². The van der Waals surface area contributed by atoms with Crippen LogP contribution in [0.4, 0.5) is 0 Å². The molecule has 0 aromatic carbocycles. The number of esters is 3. The third-order valence-corrected chi connectivity index (χ3v) is 14.0. The fraction of sp³-hybridized carbons (Fsp3) is 0.951. The van der Waals surface area contributed by atoms with Crippen LogP contribution in [0.5, 0.6) is 0 Å². The predicted octanol–water partition coefficient (Wildman–Crippen LogP) is 20.0. The van der Waals surface area contributed by atoms with Crippen molar-refractivity contribution in [1.82, 2.24) is 0 Å². The zero-order valence-corrected chi connectivity index (χ0v) is 46.0. The van der Waals surface area contributed by atoms with Gasteiger partial charge in [-0.15, -0.1) is 0 Å². The van der Waals surface area contributed by atoms with Crippen molar-refractivity contribution in [2.45, 2.75) is 349 Å². The van der Waals surface area contributed by atoms with Crippen molar-refractivity contribution in [2.75, 3.05) is 13.2 Å². The van der Waals surface area contributed by atoms with Crippen LogP contribution in [0, 0.1) is 11.8 Å². The molecule has 0 radical (unpaired) electrons.